The average molecular weight is 287 g/mol. The van der Waals surface area contributed by atoms with Crippen molar-refractivity contribution in [1.82, 2.24) is 4.98 Å². The molecule has 0 spiro atoms. The molecule has 0 unspecified atom stereocenters. The highest BCUT2D eigenvalue weighted by molar-refractivity contribution is 5.76. The number of hydrogen-bond donors (Lipinski definition) is 2. The molecule has 7 heteroatoms. The summed E-state index contributed by atoms with van der Waals surface area (Å²) in [4.78, 5) is 14.8. The van der Waals surface area contributed by atoms with Crippen LogP contribution in [0.15, 0.2) is 18.3 Å². The van der Waals surface area contributed by atoms with Crippen molar-refractivity contribution in [3.8, 4) is 0 Å². The molecule has 0 aliphatic heterocycles. The van der Waals surface area contributed by atoms with Crippen molar-refractivity contribution in [2.24, 2.45) is 11.7 Å². The van der Waals surface area contributed by atoms with Gasteiger partial charge in [-0.3, -0.25) is 4.79 Å². The number of carbonyl (C=O) groups excluding carboxylic acids is 1. The predicted octanol–water partition coefficient (Wildman–Crippen LogP) is 2.56. The third-order valence-electron chi connectivity index (χ3n) is 3.57. The molecular formula is C13H16F3N3O. The summed E-state index contributed by atoms with van der Waals surface area (Å²) < 4.78 is 37.2. The molecule has 0 bridgehead atoms. The number of primary amides is 1. The first-order valence-electron chi connectivity index (χ1n) is 6.45. The second-order valence-corrected chi connectivity index (χ2v) is 5.03. The lowest BCUT2D eigenvalue weighted by atomic mass is 9.85. The molecule has 1 amide bonds. The summed E-state index contributed by atoms with van der Waals surface area (Å²) in [7, 11) is 0. The largest absolute Gasteiger partial charge is 0.417 e. The van der Waals surface area contributed by atoms with E-state index in [1.807, 2.05) is 0 Å². The Labute approximate surface area is 114 Å². The molecule has 1 fully saturated rings. The number of pyridine rings is 1. The maximum Gasteiger partial charge on any atom is 0.417 e. The quantitative estimate of drug-likeness (QED) is 0.897. The molecule has 0 saturated heterocycles. The van der Waals surface area contributed by atoms with E-state index in [2.05, 4.69) is 10.3 Å². The van der Waals surface area contributed by atoms with Gasteiger partial charge in [0, 0.05) is 18.2 Å². The predicted molar refractivity (Wildman–Crippen MR) is 67.8 cm³/mol. The zero-order valence-corrected chi connectivity index (χ0v) is 10.8. The van der Waals surface area contributed by atoms with Crippen molar-refractivity contribution in [1.29, 1.82) is 0 Å². The van der Waals surface area contributed by atoms with E-state index < -0.39 is 11.7 Å². The number of amides is 1. The number of carbonyl (C=O) groups is 1. The number of halogens is 3. The third-order valence-corrected chi connectivity index (χ3v) is 3.57. The number of hydrogen-bond acceptors (Lipinski definition) is 3. The van der Waals surface area contributed by atoms with Gasteiger partial charge in [-0.2, -0.15) is 13.2 Å². The van der Waals surface area contributed by atoms with Crippen molar-refractivity contribution in [3.05, 3.63) is 23.9 Å². The van der Waals surface area contributed by atoms with Crippen molar-refractivity contribution < 1.29 is 18.0 Å². The van der Waals surface area contributed by atoms with Gasteiger partial charge in [0.25, 0.3) is 0 Å². The second kappa shape index (κ2) is 5.68. The lowest BCUT2D eigenvalue weighted by Gasteiger charge is -2.27. The van der Waals surface area contributed by atoms with Gasteiger partial charge in [-0.15, -0.1) is 0 Å². The monoisotopic (exact) mass is 287 g/mol. The lowest BCUT2D eigenvalue weighted by Crippen LogP contribution is -2.32. The highest BCUT2D eigenvalue weighted by Gasteiger charge is 2.31. The molecule has 3 N–H and O–H groups in total. The van der Waals surface area contributed by atoms with E-state index in [9.17, 15) is 18.0 Å². The van der Waals surface area contributed by atoms with E-state index in [1.54, 1.807) is 0 Å². The minimum Gasteiger partial charge on any atom is -0.369 e. The Morgan fingerprint density at radius 2 is 1.90 bits per heavy atom. The van der Waals surface area contributed by atoms with Crippen molar-refractivity contribution in [3.63, 3.8) is 0 Å². The standard InChI is InChI=1S/C13H16F3N3O/c14-13(15,16)9-3-6-11(18-7-9)19-10-4-1-8(2-5-10)12(17)20/h3,6-8,10H,1-2,4-5H2,(H2,17,20)(H,18,19). The van der Waals surface area contributed by atoms with Gasteiger partial charge in [-0.25, -0.2) is 4.98 Å². The van der Waals surface area contributed by atoms with E-state index in [0.717, 1.165) is 25.1 Å². The highest BCUT2D eigenvalue weighted by atomic mass is 19.4. The van der Waals surface area contributed by atoms with Crippen LogP contribution in [0.2, 0.25) is 0 Å². The molecule has 0 radical (unpaired) electrons. The number of rotatable bonds is 3. The minimum atomic E-state index is -4.37. The van der Waals surface area contributed by atoms with Crippen LogP contribution in [0.5, 0.6) is 0 Å². The van der Waals surface area contributed by atoms with Crippen LogP contribution in [0.1, 0.15) is 31.2 Å². The molecule has 1 aliphatic rings. The summed E-state index contributed by atoms with van der Waals surface area (Å²) in [5.41, 5.74) is 4.48. The fourth-order valence-electron chi connectivity index (χ4n) is 2.38. The van der Waals surface area contributed by atoms with Crippen molar-refractivity contribution >= 4 is 11.7 Å². The third kappa shape index (κ3) is 3.61. The molecule has 1 aromatic heterocycles. The fourth-order valence-corrected chi connectivity index (χ4v) is 2.38. The SMILES string of the molecule is NC(=O)C1CCC(Nc2ccc(C(F)(F)F)cn2)CC1. The molecule has 4 nitrogen and oxygen atoms in total. The Bertz CT molecular complexity index is 465. The van der Waals surface area contributed by atoms with Crippen LogP contribution in [0, 0.1) is 5.92 Å². The Kier molecular flexibility index (Phi) is 4.15. The van der Waals surface area contributed by atoms with E-state index in [4.69, 9.17) is 5.73 Å². The van der Waals surface area contributed by atoms with Crippen molar-refractivity contribution in [2.45, 2.75) is 37.9 Å². The maximum atomic E-state index is 12.4. The molecule has 20 heavy (non-hydrogen) atoms. The zero-order chi connectivity index (χ0) is 14.8. The fraction of sp³-hybridized carbons (Fsp3) is 0.538. The van der Waals surface area contributed by atoms with Crippen LogP contribution in [-0.4, -0.2) is 16.9 Å². The Morgan fingerprint density at radius 1 is 1.25 bits per heavy atom. The summed E-state index contributed by atoms with van der Waals surface area (Å²) in [5, 5.41) is 3.09. The van der Waals surface area contributed by atoms with Gasteiger partial charge in [0.2, 0.25) is 5.91 Å². The number of nitrogens with zero attached hydrogens (tertiary/aromatic N) is 1. The van der Waals surface area contributed by atoms with E-state index in [1.165, 1.54) is 6.07 Å². The summed E-state index contributed by atoms with van der Waals surface area (Å²) in [5.74, 6) is 0.0465. The Balaban J connectivity index is 1.90. The number of aromatic nitrogens is 1. The number of alkyl halides is 3. The van der Waals surface area contributed by atoms with Gasteiger partial charge in [0.15, 0.2) is 0 Å². The number of nitrogens with two attached hydrogens (primary N) is 1. The molecule has 110 valence electrons. The summed E-state index contributed by atoms with van der Waals surface area (Å²) in [6, 6.07) is 2.45. The van der Waals surface area contributed by atoms with Crippen LogP contribution in [0.25, 0.3) is 0 Å². The summed E-state index contributed by atoms with van der Waals surface area (Å²) >= 11 is 0. The van der Waals surface area contributed by atoms with Crippen LogP contribution < -0.4 is 11.1 Å². The van der Waals surface area contributed by atoms with Gasteiger partial charge < -0.3 is 11.1 Å². The maximum absolute atomic E-state index is 12.4. The van der Waals surface area contributed by atoms with Gasteiger partial charge in [-0.1, -0.05) is 0 Å². The summed E-state index contributed by atoms with van der Waals surface area (Å²) in [6.07, 6.45) is -0.629. The smallest absolute Gasteiger partial charge is 0.369 e. The number of nitrogens with one attached hydrogen (secondary N) is 1. The normalized spacial score (nSPS) is 23.4. The van der Waals surface area contributed by atoms with Gasteiger partial charge >= 0.3 is 6.18 Å². The minimum absolute atomic E-state index is 0.0892. The van der Waals surface area contributed by atoms with Gasteiger partial charge in [0.1, 0.15) is 5.82 Å². The topological polar surface area (TPSA) is 68.0 Å². The van der Waals surface area contributed by atoms with E-state index in [0.29, 0.717) is 18.7 Å². The van der Waals surface area contributed by atoms with Gasteiger partial charge in [0.05, 0.1) is 5.56 Å². The number of anilines is 1. The van der Waals surface area contributed by atoms with Gasteiger partial charge in [-0.05, 0) is 37.8 Å². The van der Waals surface area contributed by atoms with Crippen LogP contribution in [0.4, 0.5) is 19.0 Å². The zero-order valence-electron chi connectivity index (χ0n) is 10.8. The van der Waals surface area contributed by atoms with E-state index in [-0.39, 0.29) is 17.9 Å². The Hall–Kier alpha value is -1.79. The molecule has 0 atom stereocenters. The molecule has 2 rings (SSSR count). The average Bonchev–Trinajstić information content (AvgIpc) is 2.39. The van der Waals surface area contributed by atoms with Crippen LogP contribution in [-0.2, 0) is 11.0 Å². The first-order chi connectivity index (χ1) is 9.36. The summed E-state index contributed by atoms with van der Waals surface area (Å²) in [6.45, 7) is 0. The molecule has 0 aromatic carbocycles. The molecule has 1 aliphatic carbocycles. The molecular weight excluding hydrogens is 271 g/mol. The van der Waals surface area contributed by atoms with Crippen molar-refractivity contribution in [2.75, 3.05) is 5.32 Å². The Morgan fingerprint density at radius 3 is 2.35 bits per heavy atom. The second-order valence-electron chi connectivity index (χ2n) is 5.03. The highest BCUT2D eigenvalue weighted by Crippen LogP contribution is 2.30. The molecule has 1 aromatic rings. The first-order valence-corrected chi connectivity index (χ1v) is 6.45. The van der Waals surface area contributed by atoms with Crippen LogP contribution >= 0.6 is 0 Å². The molecule has 1 heterocycles. The van der Waals surface area contributed by atoms with Crippen LogP contribution in [0.3, 0.4) is 0 Å². The molecule has 1 saturated carbocycles. The first kappa shape index (κ1) is 14.6. The van der Waals surface area contributed by atoms with E-state index >= 15 is 0 Å². The lowest BCUT2D eigenvalue weighted by molar-refractivity contribution is -0.137.